The molecule has 1 aromatic rings. The molecule has 2 heteroatoms. The van der Waals surface area contributed by atoms with E-state index in [0.717, 1.165) is 18.1 Å². The number of piperidine rings is 1. The first-order valence-electron chi connectivity index (χ1n) is 7.62. The van der Waals surface area contributed by atoms with Crippen LogP contribution in [0.4, 0.5) is 0 Å². The van der Waals surface area contributed by atoms with Crippen LogP contribution in [-0.2, 0) is 0 Å². The number of halogens is 1. The molecule has 1 nitrogen and oxygen atoms in total. The molecule has 106 valence electrons. The van der Waals surface area contributed by atoms with Gasteiger partial charge in [0, 0.05) is 17.5 Å². The van der Waals surface area contributed by atoms with Gasteiger partial charge in [0.25, 0.3) is 0 Å². The van der Waals surface area contributed by atoms with Gasteiger partial charge in [-0.3, -0.25) is 0 Å². The zero-order valence-corrected chi connectivity index (χ0v) is 13.0. The highest BCUT2D eigenvalue weighted by Crippen LogP contribution is 2.44. The Labute approximate surface area is 122 Å². The van der Waals surface area contributed by atoms with Gasteiger partial charge < -0.3 is 5.32 Å². The summed E-state index contributed by atoms with van der Waals surface area (Å²) in [4.78, 5) is 0. The second-order valence-electron chi connectivity index (χ2n) is 6.17. The minimum atomic E-state index is 0.439. The van der Waals surface area contributed by atoms with Crippen molar-refractivity contribution in [2.24, 2.45) is 5.41 Å². The standard InChI is InChI=1S/C17H26ClN/c1-3-4-5-10-17(2)11-12-19-13-16(17)14-6-8-15(18)9-7-14/h6-9,16,19H,3-5,10-13H2,1-2H3. The lowest BCUT2D eigenvalue weighted by molar-refractivity contribution is 0.167. The van der Waals surface area contributed by atoms with Crippen LogP contribution in [0, 0.1) is 5.41 Å². The maximum absolute atomic E-state index is 6.01. The number of hydrogen-bond acceptors (Lipinski definition) is 1. The minimum absolute atomic E-state index is 0.439. The fraction of sp³-hybridized carbons (Fsp3) is 0.647. The lowest BCUT2D eigenvalue weighted by atomic mass is 9.66. The number of rotatable bonds is 5. The van der Waals surface area contributed by atoms with Crippen LogP contribution < -0.4 is 5.32 Å². The van der Waals surface area contributed by atoms with Crippen LogP contribution >= 0.6 is 11.6 Å². The number of unbranched alkanes of at least 4 members (excludes halogenated alkanes) is 2. The van der Waals surface area contributed by atoms with Gasteiger partial charge in [-0.15, -0.1) is 0 Å². The summed E-state index contributed by atoms with van der Waals surface area (Å²) in [5.74, 6) is 0.621. The zero-order chi connectivity index (χ0) is 13.7. The minimum Gasteiger partial charge on any atom is -0.316 e. The Bertz CT molecular complexity index is 387. The average molecular weight is 280 g/mol. The van der Waals surface area contributed by atoms with Crippen molar-refractivity contribution < 1.29 is 0 Å². The van der Waals surface area contributed by atoms with Crippen molar-refractivity contribution in [3.05, 3.63) is 34.9 Å². The van der Waals surface area contributed by atoms with E-state index >= 15 is 0 Å². The third-order valence-corrected chi connectivity index (χ3v) is 4.94. The molecule has 0 aliphatic carbocycles. The fourth-order valence-corrected chi connectivity index (χ4v) is 3.46. The van der Waals surface area contributed by atoms with E-state index < -0.39 is 0 Å². The van der Waals surface area contributed by atoms with E-state index in [1.54, 1.807) is 0 Å². The highest BCUT2D eigenvalue weighted by Gasteiger charge is 2.36. The molecular formula is C17H26ClN. The number of benzene rings is 1. The lowest BCUT2D eigenvalue weighted by Crippen LogP contribution is -2.42. The Morgan fingerprint density at radius 1 is 1.26 bits per heavy atom. The van der Waals surface area contributed by atoms with Gasteiger partial charge in [0.2, 0.25) is 0 Å². The molecule has 0 radical (unpaired) electrons. The smallest absolute Gasteiger partial charge is 0.0406 e. The summed E-state index contributed by atoms with van der Waals surface area (Å²) in [7, 11) is 0. The quantitative estimate of drug-likeness (QED) is 0.748. The molecule has 2 rings (SSSR count). The molecule has 0 amide bonds. The molecule has 2 atom stereocenters. The van der Waals surface area contributed by atoms with Gasteiger partial charge in [-0.1, -0.05) is 56.8 Å². The molecule has 1 saturated heterocycles. The summed E-state index contributed by atoms with van der Waals surface area (Å²) < 4.78 is 0. The normalized spacial score (nSPS) is 27.4. The Kier molecular flexibility index (Phi) is 5.29. The second kappa shape index (κ2) is 6.76. The number of hydrogen-bond donors (Lipinski definition) is 1. The molecule has 2 unspecified atom stereocenters. The van der Waals surface area contributed by atoms with Crippen LogP contribution in [0.2, 0.25) is 5.02 Å². The topological polar surface area (TPSA) is 12.0 Å². The second-order valence-corrected chi connectivity index (χ2v) is 6.61. The average Bonchev–Trinajstić information content (AvgIpc) is 2.41. The largest absolute Gasteiger partial charge is 0.316 e. The Balaban J connectivity index is 2.12. The predicted octanol–water partition coefficient (Wildman–Crippen LogP) is 5.00. The SMILES string of the molecule is CCCCCC1(C)CCNCC1c1ccc(Cl)cc1. The van der Waals surface area contributed by atoms with Gasteiger partial charge in [-0.05, 0) is 42.5 Å². The van der Waals surface area contributed by atoms with Crippen molar-refractivity contribution in [2.45, 2.75) is 51.9 Å². The van der Waals surface area contributed by atoms with Crippen molar-refractivity contribution in [1.29, 1.82) is 0 Å². The van der Waals surface area contributed by atoms with Gasteiger partial charge >= 0.3 is 0 Å². The molecule has 0 spiro atoms. The summed E-state index contributed by atoms with van der Waals surface area (Å²) in [6.45, 7) is 7.02. The fourth-order valence-electron chi connectivity index (χ4n) is 3.33. The van der Waals surface area contributed by atoms with E-state index in [9.17, 15) is 0 Å². The van der Waals surface area contributed by atoms with Gasteiger partial charge in [0.05, 0.1) is 0 Å². The van der Waals surface area contributed by atoms with Crippen LogP contribution in [0.15, 0.2) is 24.3 Å². The van der Waals surface area contributed by atoms with Gasteiger partial charge in [0.1, 0.15) is 0 Å². The number of nitrogens with one attached hydrogen (secondary N) is 1. The van der Waals surface area contributed by atoms with E-state index in [4.69, 9.17) is 11.6 Å². The molecule has 0 saturated carbocycles. The van der Waals surface area contributed by atoms with Crippen molar-refractivity contribution in [3.63, 3.8) is 0 Å². The van der Waals surface area contributed by atoms with Crippen LogP contribution in [0.1, 0.15) is 57.4 Å². The first-order chi connectivity index (χ1) is 9.15. The van der Waals surface area contributed by atoms with E-state index in [1.807, 2.05) is 12.1 Å². The first-order valence-corrected chi connectivity index (χ1v) is 8.00. The summed E-state index contributed by atoms with van der Waals surface area (Å²) in [5, 5.41) is 4.39. The van der Waals surface area contributed by atoms with Crippen LogP contribution in [0.3, 0.4) is 0 Å². The Morgan fingerprint density at radius 2 is 2.00 bits per heavy atom. The molecular weight excluding hydrogens is 254 g/mol. The maximum atomic E-state index is 6.01. The first kappa shape index (κ1) is 14.9. The monoisotopic (exact) mass is 279 g/mol. The summed E-state index contributed by atoms with van der Waals surface area (Å²) in [6.07, 6.45) is 6.65. The van der Waals surface area contributed by atoms with Crippen molar-refractivity contribution >= 4 is 11.6 Å². The van der Waals surface area contributed by atoms with E-state index in [2.05, 4.69) is 31.3 Å². The molecule has 0 aromatic heterocycles. The third kappa shape index (κ3) is 3.73. The predicted molar refractivity (Wildman–Crippen MR) is 83.9 cm³/mol. The third-order valence-electron chi connectivity index (χ3n) is 4.69. The maximum Gasteiger partial charge on any atom is 0.0406 e. The molecule has 1 fully saturated rings. The zero-order valence-electron chi connectivity index (χ0n) is 12.2. The van der Waals surface area contributed by atoms with Crippen molar-refractivity contribution in [3.8, 4) is 0 Å². The van der Waals surface area contributed by atoms with Crippen LogP contribution in [-0.4, -0.2) is 13.1 Å². The van der Waals surface area contributed by atoms with Crippen molar-refractivity contribution in [2.75, 3.05) is 13.1 Å². The highest BCUT2D eigenvalue weighted by molar-refractivity contribution is 6.30. The molecule has 1 aromatic carbocycles. The lowest BCUT2D eigenvalue weighted by Gasteiger charge is -2.42. The molecule has 1 heterocycles. The molecule has 1 aliphatic rings. The highest BCUT2D eigenvalue weighted by atomic mass is 35.5. The van der Waals surface area contributed by atoms with E-state index in [0.29, 0.717) is 11.3 Å². The summed E-state index contributed by atoms with van der Waals surface area (Å²) >= 11 is 6.01. The van der Waals surface area contributed by atoms with Gasteiger partial charge in [-0.2, -0.15) is 0 Å². The van der Waals surface area contributed by atoms with Gasteiger partial charge in [0.15, 0.2) is 0 Å². The van der Waals surface area contributed by atoms with Crippen LogP contribution in [0.5, 0.6) is 0 Å². The Morgan fingerprint density at radius 3 is 2.68 bits per heavy atom. The van der Waals surface area contributed by atoms with Crippen molar-refractivity contribution in [1.82, 2.24) is 5.32 Å². The van der Waals surface area contributed by atoms with E-state index in [-0.39, 0.29) is 0 Å². The molecule has 0 bridgehead atoms. The Hall–Kier alpha value is -0.530. The molecule has 1 N–H and O–H groups in total. The summed E-state index contributed by atoms with van der Waals surface area (Å²) in [6, 6.07) is 8.46. The molecule has 19 heavy (non-hydrogen) atoms. The van der Waals surface area contributed by atoms with Gasteiger partial charge in [-0.25, -0.2) is 0 Å². The summed E-state index contributed by atoms with van der Waals surface area (Å²) in [5.41, 5.74) is 1.88. The van der Waals surface area contributed by atoms with Crippen LogP contribution in [0.25, 0.3) is 0 Å². The van der Waals surface area contributed by atoms with E-state index in [1.165, 1.54) is 37.7 Å². The molecule has 1 aliphatic heterocycles.